The number of hydrogen-bond acceptors (Lipinski definition) is 0. The third-order valence-electron chi connectivity index (χ3n) is 3.80. The van der Waals surface area contributed by atoms with Gasteiger partial charge in [0, 0.05) is 4.95 Å². The largest absolute Gasteiger partial charge is 0.124 e. The lowest BCUT2D eigenvalue weighted by Gasteiger charge is -2.02. The van der Waals surface area contributed by atoms with Gasteiger partial charge in [0.1, 0.15) is 0 Å². The maximum Gasteiger partial charge on any atom is 0.00260 e. The van der Waals surface area contributed by atoms with Crippen LogP contribution in [0.4, 0.5) is 0 Å². The summed E-state index contributed by atoms with van der Waals surface area (Å²) < 4.78 is 0. The van der Waals surface area contributed by atoms with Crippen LogP contribution in [0.15, 0.2) is 42.5 Å². The molecule has 1 atom stereocenters. The minimum absolute atomic E-state index is 0.858. The molecule has 0 fully saturated rings. The highest BCUT2D eigenvalue weighted by molar-refractivity contribution is 7.28. The van der Waals surface area contributed by atoms with Crippen molar-refractivity contribution in [3.8, 4) is 0 Å². The Labute approximate surface area is 122 Å². The second kappa shape index (κ2) is 5.85. The molecule has 0 bridgehead atoms. The van der Waals surface area contributed by atoms with E-state index in [1.807, 2.05) is 0 Å². The van der Waals surface area contributed by atoms with Crippen molar-refractivity contribution in [1.29, 1.82) is 0 Å². The number of allylic oxidation sites excluding steroid dienone is 1. The average molecular weight is 280 g/mol. The number of hydrogen-bond donors (Lipinski definition) is 0. The van der Waals surface area contributed by atoms with Crippen LogP contribution >= 0.6 is 8.19 Å². The molecule has 0 spiro atoms. The van der Waals surface area contributed by atoms with Gasteiger partial charge in [0.2, 0.25) is 0 Å². The first-order valence-corrected chi connectivity index (χ1v) is 8.53. The van der Waals surface area contributed by atoms with Crippen molar-refractivity contribution in [2.75, 3.05) is 0 Å². The maximum absolute atomic E-state index is 2.43. The summed E-state index contributed by atoms with van der Waals surface area (Å²) in [6, 6.07) is 13.2. The van der Waals surface area contributed by atoms with Gasteiger partial charge in [-0.3, -0.25) is 0 Å². The van der Waals surface area contributed by atoms with Gasteiger partial charge in [-0.25, -0.2) is 0 Å². The molecule has 0 N–H and O–H groups in total. The van der Waals surface area contributed by atoms with E-state index in [-0.39, 0.29) is 0 Å². The lowest BCUT2D eigenvalue weighted by molar-refractivity contribution is 0.977. The molecule has 0 nitrogen and oxygen atoms in total. The zero-order chi connectivity index (χ0) is 13.9. The number of fused-ring (bicyclic) bond motifs is 1. The smallest absolute Gasteiger partial charge is 0.00260 e. The van der Waals surface area contributed by atoms with Crippen LogP contribution in [0.2, 0.25) is 0 Å². The molecule has 102 valence electrons. The Kier molecular flexibility index (Phi) is 3.94. The molecule has 20 heavy (non-hydrogen) atoms. The lowest BCUT2D eigenvalue weighted by atomic mass is 10.0. The second-order valence-electron chi connectivity index (χ2n) is 5.33. The van der Waals surface area contributed by atoms with Crippen molar-refractivity contribution in [1.82, 2.24) is 0 Å². The van der Waals surface area contributed by atoms with E-state index in [1.165, 1.54) is 34.5 Å². The van der Waals surface area contributed by atoms with Crippen LogP contribution < -0.4 is 9.90 Å². The fourth-order valence-electron chi connectivity index (χ4n) is 2.92. The topological polar surface area (TPSA) is 0 Å². The summed E-state index contributed by atoms with van der Waals surface area (Å²) in [4.78, 5) is 3.12. The molecule has 0 radical (unpaired) electrons. The predicted molar refractivity (Wildman–Crippen MR) is 91.8 cm³/mol. The standard InChI is InChI=1S/C19H21P/c1-3-8-15-12-17(14-10-6-5-7-11-14)18-13-16(9-4-2)20-19(15)18/h5-7,9-13,20H,3-4,8H2,1-2H3. The van der Waals surface area contributed by atoms with E-state index in [4.69, 9.17) is 0 Å². The summed E-state index contributed by atoms with van der Waals surface area (Å²) in [5, 5.41) is 0. The Balaban J connectivity index is 2.15. The Morgan fingerprint density at radius 1 is 1.10 bits per heavy atom. The number of benzene rings is 1. The molecular weight excluding hydrogens is 259 g/mol. The molecule has 0 saturated carbocycles. The summed E-state index contributed by atoms with van der Waals surface area (Å²) in [6.07, 6.45) is 8.36. The third kappa shape index (κ3) is 2.41. The van der Waals surface area contributed by atoms with Crippen molar-refractivity contribution in [2.45, 2.75) is 33.1 Å². The normalized spacial score (nSPS) is 15.0. The highest BCUT2D eigenvalue weighted by Crippen LogP contribution is 2.30. The Morgan fingerprint density at radius 3 is 2.60 bits per heavy atom. The van der Waals surface area contributed by atoms with Crippen molar-refractivity contribution in [3.63, 3.8) is 0 Å². The molecule has 1 heteroatoms. The van der Waals surface area contributed by atoms with Gasteiger partial charge in [-0.1, -0.05) is 56.7 Å². The lowest BCUT2D eigenvalue weighted by Crippen LogP contribution is -1.97. The molecule has 2 aromatic rings. The summed E-state index contributed by atoms with van der Waals surface area (Å²) in [5.41, 5.74) is 5.83. The van der Waals surface area contributed by atoms with Crippen LogP contribution in [0.1, 0.15) is 44.2 Å². The van der Waals surface area contributed by atoms with Crippen LogP contribution in [0.25, 0.3) is 17.2 Å². The van der Waals surface area contributed by atoms with Gasteiger partial charge in [0.15, 0.2) is 0 Å². The highest BCUT2D eigenvalue weighted by atomic mass is 31.0. The van der Waals surface area contributed by atoms with Crippen molar-refractivity contribution < 1.29 is 0 Å². The first-order valence-electron chi connectivity index (χ1n) is 7.53. The molecule has 3 rings (SSSR count). The van der Waals surface area contributed by atoms with E-state index in [9.17, 15) is 0 Å². The zero-order valence-corrected chi connectivity index (χ0v) is 13.2. The monoisotopic (exact) mass is 280 g/mol. The molecule has 1 heterocycles. The molecule has 1 unspecified atom stereocenters. The van der Waals surface area contributed by atoms with Crippen LogP contribution in [0, 0.1) is 0 Å². The Bertz CT molecular complexity index is 745. The molecule has 1 aromatic carbocycles. The number of rotatable bonds is 4. The van der Waals surface area contributed by atoms with Gasteiger partial charge in [0.25, 0.3) is 0 Å². The van der Waals surface area contributed by atoms with E-state index in [0.29, 0.717) is 0 Å². The van der Waals surface area contributed by atoms with Crippen LogP contribution in [-0.4, -0.2) is 0 Å². The summed E-state index contributed by atoms with van der Waals surface area (Å²) >= 11 is 0. The Morgan fingerprint density at radius 2 is 1.90 bits per heavy atom. The van der Waals surface area contributed by atoms with Gasteiger partial charge < -0.3 is 0 Å². The highest BCUT2D eigenvalue weighted by Gasteiger charge is 2.16. The van der Waals surface area contributed by atoms with E-state index in [1.54, 1.807) is 10.5 Å². The molecule has 1 aromatic heterocycles. The van der Waals surface area contributed by atoms with E-state index in [2.05, 4.69) is 62.4 Å². The van der Waals surface area contributed by atoms with Crippen LogP contribution in [0.3, 0.4) is 0 Å². The summed E-state index contributed by atoms with van der Waals surface area (Å²) in [7, 11) is 0.858. The van der Waals surface area contributed by atoms with Gasteiger partial charge in [-0.15, -0.1) is 8.19 Å². The second-order valence-corrected chi connectivity index (χ2v) is 6.65. The first-order chi connectivity index (χ1) is 9.83. The van der Waals surface area contributed by atoms with Crippen molar-refractivity contribution in [3.05, 3.63) is 63.5 Å². The SMILES string of the molecule is CCC=c1cc2c([pH]1)=C(CCC)C=C2c1ccccc1. The van der Waals surface area contributed by atoms with Gasteiger partial charge in [0.05, 0.1) is 0 Å². The average Bonchev–Trinajstić information content (AvgIpc) is 3.01. The van der Waals surface area contributed by atoms with Crippen LogP contribution in [0.5, 0.6) is 0 Å². The van der Waals surface area contributed by atoms with E-state index in [0.717, 1.165) is 14.6 Å². The molecular formula is C19H21P. The maximum atomic E-state index is 2.43. The van der Waals surface area contributed by atoms with E-state index < -0.39 is 0 Å². The van der Waals surface area contributed by atoms with Gasteiger partial charge >= 0.3 is 0 Å². The molecule has 0 amide bonds. The van der Waals surface area contributed by atoms with Crippen molar-refractivity contribution >= 4 is 25.4 Å². The minimum Gasteiger partial charge on any atom is -0.124 e. The van der Waals surface area contributed by atoms with Gasteiger partial charge in [-0.2, -0.15) is 0 Å². The molecule has 0 saturated heterocycles. The molecule has 1 aliphatic carbocycles. The zero-order valence-electron chi connectivity index (χ0n) is 12.2. The van der Waals surface area contributed by atoms with Crippen LogP contribution in [-0.2, 0) is 0 Å². The fourth-order valence-corrected chi connectivity index (χ4v) is 4.43. The quantitative estimate of drug-likeness (QED) is 0.783. The first kappa shape index (κ1) is 13.5. The molecule has 1 aliphatic rings. The molecule has 0 aliphatic heterocycles. The summed E-state index contributed by atoms with van der Waals surface area (Å²) in [5.74, 6) is 0. The third-order valence-corrected chi connectivity index (χ3v) is 5.27. The summed E-state index contributed by atoms with van der Waals surface area (Å²) in [6.45, 7) is 4.49. The predicted octanol–water partition coefficient (Wildman–Crippen LogP) is 4.30. The van der Waals surface area contributed by atoms with Crippen molar-refractivity contribution in [2.24, 2.45) is 0 Å². The van der Waals surface area contributed by atoms with Gasteiger partial charge in [-0.05, 0) is 52.2 Å². The van der Waals surface area contributed by atoms with E-state index >= 15 is 0 Å². The fraction of sp³-hybridized carbons (Fsp3) is 0.263. The minimum atomic E-state index is 0.858. The Hall–Kier alpha value is -1.52.